The minimum absolute atomic E-state index is 0.126. The molecule has 1 atom stereocenters. The molecule has 0 bridgehead atoms. The molecule has 1 aromatic heterocycles. The maximum absolute atomic E-state index is 12.6. The first kappa shape index (κ1) is 18.5. The van der Waals surface area contributed by atoms with Crippen molar-refractivity contribution in [1.29, 1.82) is 0 Å². The molecule has 1 N–H and O–H groups in total. The van der Waals surface area contributed by atoms with E-state index >= 15 is 0 Å². The molecule has 0 aliphatic heterocycles. The molecule has 1 unspecified atom stereocenters. The van der Waals surface area contributed by atoms with Crippen LogP contribution in [0.25, 0.3) is 6.08 Å². The zero-order chi connectivity index (χ0) is 18.4. The number of halogens is 2. The number of ether oxygens (including phenoxy) is 2. The molecule has 0 saturated heterocycles. The molecular weight excluding hydrogens is 332 g/mol. The Morgan fingerprint density at radius 2 is 2.04 bits per heavy atom. The van der Waals surface area contributed by atoms with Gasteiger partial charge >= 0.3 is 6.61 Å². The molecule has 0 aliphatic rings. The fraction of sp³-hybridized carbons (Fsp3) is 0.278. The smallest absolute Gasteiger partial charge is 0.387 e. The number of rotatable bonds is 7. The second-order valence-electron chi connectivity index (χ2n) is 5.27. The molecule has 1 amide bonds. The first-order valence-corrected chi connectivity index (χ1v) is 7.57. The number of methoxy groups -OCH3 is 1. The van der Waals surface area contributed by atoms with Gasteiger partial charge in [0.2, 0.25) is 5.91 Å². The van der Waals surface area contributed by atoms with E-state index < -0.39 is 12.5 Å². The van der Waals surface area contributed by atoms with Crippen molar-refractivity contribution in [2.75, 3.05) is 7.11 Å². The standard InChI is InChI=1S/C18H19F2NO4/c1-11-7-9-14(24-11)12(2)21-16(22)10-8-13-5-4-6-15(23-3)17(13)25-18(19)20/h4-10,12,18H,1-3H3,(H,21,22)/b10-8+. The number of benzene rings is 1. The second kappa shape index (κ2) is 8.32. The van der Waals surface area contributed by atoms with Gasteiger partial charge in [0.05, 0.1) is 13.2 Å². The van der Waals surface area contributed by atoms with Gasteiger partial charge in [0.1, 0.15) is 11.5 Å². The molecule has 0 saturated carbocycles. The van der Waals surface area contributed by atoms with Crippen LogP contribution >= 0.6 is 0 Å². The summed E-state index contributed by atoms with van der Waals surface area (Å²) in [6, 6.07) is 7.91. The molecule has 25 heavy (non-hydrogen) atoms. The number of carbonyl (C=O) groups excluding carboxylic acids is 1. The van der Waals surface area contributed by atoms with Gasteiger partial charge in [0.15, 0.2) is 11.5 Å². The topological polar surface area (TPSA) is 60.7 Å². The summed E-state index contributed by atoms with van der Waals surface area (Å²) in [5.41, 5.74) is 0.302. The van der Waals surface area contributed by atoms with Crippen LogP contribution < -0.4 is 14.8 Å². The number of nitrogens with one attached hydrogen (secondary N) is 1. The highest BCUT2D eigenvalue weighted by Gasteiger charge is 2.15. The van der Waals surface area contributed by atoms with E-state index in [0.717, 1.165) is 5.76 Å². The van der Waals surface area contributed by atoms with Crippen molar-refractivity contribution in [3.05, 3.63) is 53.5 Å². The summed E-state index contributed by atoms with van der Waals surface area (Å²) in [7, 11) is 1.35. The van der Waals surface area contributed by atoms with Crippen molar-refractivity contribution < 1.29 is 27.5 Å². The van der Waals surface area contributed by atoms with Gasteiger partial charge in [-0.05, 0) is 38.1 Å². The third-order valence-electron chi connectivity index (χ3n) is 3.40. The number of carbonyl (C=O) groups is 1. The summed E-state index contributed by atoms with van der Waals surface area (Å²) < 4.78 is 40.1. The quantitative estimate of drug-likeness (QED) is 0.764. The Bertz CT molecular complexity index is 755. The Kier molecular flexibility index (Phi) is 6.16. The van der Waals surface area contributed by atoms with E-state index in [2.05, 4.69) is 10.1 Å². The molecule has 7 heteroatoms. The number of para-hydroxylation sites is 1. The van der Waals surface area contributed by atoms with Crippen molar-refractivity contribution in [1.82, 2.24) is 5.32 Å². The van der Waals surface area contributed by atoms with Crippen LogP contribution in [0.1, 0.15) is 30.0 Å². The normalized spacial score (nSPS) is 12.4. The predicted octanol–water partition coefficient (Wildman–Crippen LogP) is 4.09. The Morgan fingerprint density at radius 1 is 1.28 bits per heavy atom. The van der Waals surface area contributed by atoms with Crippen LogP contribution in [0.3, 0.4) is 0 Å². The van der Waals surface area contributed by atoms with E-state index in [1.54, 1.807) is 31.2 Å². The fourth-order valence-electron chi connectivity index (χ4n) is 2.22. The van der Waals surface area contributed by atoms with Gasteiger partial charge in [-0.1, -0.05) is 12.1 Å². The minimum Gasteiger partial charge on any atom is -0.493 e. The first-order valence-electron chi connectivity index (χ1n) is 7.57. The van der Waals surface area contributed by atoms with Gasteiger partial charge in [-0.2, -0.15) is 8.78 Å². The van der Waals surface area contributed by atoms with Crippen molar-refractivity contribution in [3.63, 3.8) is 0 Å². The number of alkyl halides is 2. The molecule has 1 aromatic carbocycles. The maximum Gasteiger partial charge on any atom is 0.387 e. The van der Waals surface area contributed by atoms with Gasteiger partial charge in [-0.3, -0.25) is 4.79 Å². The first-order chi connectivity index (χ1) is 11.9. The molecule has 2 aromatic rings. The Labute approximate surface area is 144 Å². The van der Waals surface area contributed by atoms with Gasteiger partial charge in [-0.25, -0.2) is 0 Å². The highest BCUT2D eigenvalue weighted by molar-refractivity contribution is 5.92. The molecule has 1 heterocycles. The summed E-state index contributed by atoms with van der Waals surface area (Å²) in [6.07, 6.45) is 2.62. The lowest BCUT2D eigenvalue weighted by Gasteiger charge is -2.12. The number of amides is 1. The molecule has 0 fully saturated rings. The Morgan fingerprint density at radius 3 is 2.64 bits per heavy atom. The van der Waals surface area contributed by atoms with E-state index in [1.165, 1.54) is 25.3 Å². The number of aryl methyl sites for hydroxylation is 1. The van der Waals surface area contributed by atoms with E-state index in [4.69, 9.17) is 9.15 Å². The average Bonchev–Trinajstić information content (AvgIpc) is 3.00. The van der Waals surface area contributed by atoms with Gasteiger partial charge in [-0.15, -0.1) is 0 Å². The van der Waals surface area contributed by atoms with Crippen LogP contribution in [-0.4, -0.2) is 19.6 Å². The lowest BCUT2D eigenvalue weighted by atomic mass is 10.1. The molecule has 0 aliphatic carbocycles. The molecule has 5 nitrogen and oxygen atoms in total. The highest BCUT2D eigenvalue weighted by atomic mass is 19.3. The van der Waals surface area contributed by atoms with Crippen LogP contribution in [0.2, 0.25) is 0 Å². The van der Waals surface area contributed by atoms with Crippen molar-refractivity contribution in [2.24, 2.45) is 0 Å². The van der Waals surface area contributed by atoms with E-state index in [1.807, 2.05) is 6.92 Å². The van der Waals surface area contributed by atoms with Crippen molar-refractivity contribution in [2.45, 2.75) is 26.5 Å². The van der Waals surface area contributed by atoms with Crippen molar-refractivity contribution >= 4 is 12.0 Å². The second-order valence-corrected chi connectivity index (χ2v) is 5.27. The third kappa shape index (κ3) is 5.07. The number of furan rings is 1. The largest absolute Gasteiger partial charge is 0.493 e. The minimum atomic E-state index is -3.00. The molecular formula is C18H19F2NO4. The van der Waals surface area contributed by atoms with Crippen LogP contribution in [0, 0.1) is 6.92 Å². The lowest BCUT2D eigenvalue weighted by Crippen LogP contribution is -2.24. The summed E-state index contributed by atoms with van der Waals surface area (Å²) in [5, 5.41) is 2.73. The third-order valence-corrected chi connectivity index (χ3v) is 3.40. The van der Waals surface area contributed by atoms with Gasteiger partial charge in [0, 0.05) is 11.6 Å². The van der Waals surface area contributed by atoms with Gasteiger partial charge in [0.25, 0.3) is 0 Å². The van der Waals surface area contributed by atoms with Crippen LogP contribution in [0.5, 0.6) is 11.5 Å². The SMILES string of the molecule is COc1cccc(/C=C/C(=O)NC(C)c2ccc(C)o2)c1OC(F)F. The summed E-state index contributed by atoms with van der Waals surface area (Å²) in [6.45, 7) is 0.589. The monoisotopic (exact) mass is 351 g/mol. The summed E-state index contributed by atoms with van der Waals surface area (Å²) >= 11 is 0. The number of hydrogen-bond acceptors (Lipinski definition) is 4. The van der Waals surface area contributed by atoms with Gasteiger partial charge < -0.3 is 19.2 Å². The molecule has 134 valence electrons. The maximum atomic E-state index is 12.6. The predicted molar refractivity (Wildman–Crippen MR) is 88.7 cm³/mol. The molecule has 2 rings (SSSR count). The fourth-order valence-corrected chi connectivity index (χ4v) is 2.22. The van der Waals surface area contributed by atoms with E-state index in [0.29, 0.717) is 11.3 Å². The van der Waals surface area contributed by atoms with E-state index in [-0.39, 0.29) is 17.5 Å². The summed E-state index contributed by atoms with van der Waals surface area (Å²) in [5.74, 6) is 1.01. The molecule has 0 spiro atoms. The van der Waals surface area contributed by atoms with Crippen LogP contribution in [0.4, 0.5) is 8.78 Å². The average molecular weight is 351 g/mol. The molecule has 0 radical (unpaired) electrons. The van der Waals surface area contributed by atoms with Crippen LogP contribution in [0.15, 0.2) is 40.8 Å². The van der Waals surface area contributed by atoms with Crippen LogP contribution in [-0.2, 0) is 4.79 Å². The summed E-state index contributed by atoms with van der Waals surface area (Å²) in [4.78, 5) is 12.0. The highest BCUT2D eigenvalue weighted by Crippen LogP contribution is 2.33. The lowest BCUT2D eigenvalue weighted by molar-refractivity contribution is -0.117. The van der Waals surface area contributed by atoms with E-state index in [9.17, 15) is 13.6 Å². The Hall–Kier alpha value is -2.83. The zero-order valence-electron chi connectivity index (χ0n) is 14.1. The number of hydrogen-bond donors (Lipinski definition) is 1. The van der Waals surface area contributed by atoms with Crippen molar-refractivity contribution in [3.8, 4) is 11.5 Å². The Balaban J connectivity index is 2.11. The zero-order valence-corrected chi connectivity index (χ0v) is 14.1.